The number of hydrogen-bond donors (Lipinski definition) is 3. The van der Waals surface area contributed by atoms with Gasteiger partial charge in [-0.1, -0.05) is 60.7 Å². The number of rotatable bonds is 9. The Morgan fingerprint density at radius 3 is 2.43 bits per heavy atom. The first-order valence-corrected chi connectivity index (χ1v) is 14.5. The Morgan fingerprint density at radius 2 is 1.67 bits per heavy atom. The Morgan fingerprint density at radius 1 is 0.929 bits per heavy atom. The molecule has 2 saturated heterocycles. The van der Waals surface area contributed by atoms with Crippen LogP contribution in [0.1, 0.15) is 64.4 Å². The number of nitrogens with one attached hydrogen (secondary N) is 1. The summed E-state index contributed by atoms with van der Waals surface area (Å²) in [7, 11) is 0. The number of hydrogen-bond acceptors (Lipinski definition) is 8. The number of amides is 1. The lowest BCUT2D eigenvalue weighted by Gasteiger charge is -2.38. The van der Waals surface area contributed by atoms with Crippen molar-refractivity contribution < 1.29 is 24.5 Å². The van der Waals surface area contributed by atoms with Gasteiger partial charge in [0.25, 0.3) is 5.91 Å². The van der Waals surface area contributed by atoms with Crippen LogP contribution >= 0.6 is 0 Å². The zero-order chi connectivity index (χ0) is 28.9. The molecular weight excluding hydrogens is 532 g/mol. The van der Waals surface area contributed by atoms with Crippen molar-refractivity contribution in [1.82, 2.24) is 20.2 Å². The molecule has 3 heterocycles. The number of nitrogens with zero attached hydrogens (tertiary/aromatic N) is 3. The number of aliphatic hydroxyl groups excluding tert-OH is 2. The third-order valence-corrected chi connectivity index (χ3v) is 8.15. The highest BCUT2D eigenvalue weighted by Crippen LogP contribution is 2.38. The number of ether oxygens (including phenoxy) is 2. The second-order valence-corrected chi connectivity index (χ2v) is 11.0. The molecule has 9 heteroatoms. The number of benzene rings is 3. The molecule has 3 N–H and O–H groups in total. The first-order chi connectivity index (χ1) is 20.6. The van der Waals surface area contributed by atoms with Gasteiger partial charge in [0.15, 0.2) is 6.29 Å². The van der Waals surface area contributed by atoms with Gasteiger partial charge in [-0.25, -0.2) is 4.98 Å². The van der Waals surface area contributed by atoms with Gasteiger partial charge in [0.2, 0.25) is 0 Å². The molecule has 218 valence electrons. The SMILES string of the molecule is O=C(NCc1ccc(C2OC(CN3CCCC3CO)CC(c3ccc(CO)cc3)O2)cc1)c1cnc2ccccc2n1. The van der Waals surface area contributed by atoms with Gasteiger partial charge in [0, 0.05) is 31.1 Å². The first-order valence-electron chi connectivity index (χ1n) is 14.5. The van der Waals surface area contributed by atoms with Crippen molar-refractivity contribution >= 4 is 16.9 Å². The molecule has 0 aliphatic carbocycles. The number of carbonyl (C=O) groups excluding carboxylic acids is 1. The molecule has 4 aromatic rings. The summed E-state index contributed by atoms with van der Waals surface area (Å²) < 4.78 is 13.0. The molecule has 6 rings (SSSR count). The zero-order valence-electron chi connectivity index (χ0n) is 23.4. The highest BCUT2D eigenvalue weighted by Gasteiger charge is 2.35. The van der Waals surface area contributed by atoms with Gasteiger partial charge in [-0.05, 0) is 48.2 Å². The van der Waals surface area contributed by atoms with Crippen molar-refractivity contribution in [3.63, 3.8) is 0 Å². The Kier molecular flexibility index (Phi) is 8.83. The van der Waals surface area contributed by atoms with Crippen molar-refractivity contribution in [1.29, 1.82) is 0 Å². The van der Waals surface area contributed by atoms with Crippen LogP contribution in [0.3, 0.4) is 0 Å². The summed E-state index contributed by atoms with van der Waals surface area (Å²) >= 11 is 0. The van der Waals surface area contributed by atoms with Crippen LogP contribution in [-0.4, -0.2) is 62.8 Å². The Hall–Kier alpha value is -3.73. The Bertz CT molecular complexity index is 1500. The molecule has 1 aromatic heterocycles. The molecule has 2 aliphatic heterocycles. The topological polar surface area (TPSA) is 117 Å². The molecule has 0 radical (unpaired) electrons. The summed E-state index contributed by atoms with van der Waals surface area (Å²) in [6.07, 6.45) is 3.48. The fourth-order valence-electron chi connectivity index (χ4n) is 5.77. The average Bonchev–Trinajstić information content (AvgIpc) is 3.50. The van der Waals surface area contributed by atoms with Crippen LogP contribution in [-0.2, 0) is 22.6 Å². The molecule has 3 aromatic carbocycles. The highest BCUT2D eigenvalue weighted by molar-refractivity contribution is 5.93. The van der Waals surface area contributed by atoms with Crippen LogP contribution in [0.15, 0.2) is 79.0 Å². The fourth-order valence-corrected chi connectivity index (χ4v) is 5.77. The van der Waals surface area contributed by atoms with E-state index in [-0.39, 0.29) is 43.1 Å². The summed E-state index contributed by atoms with van der Waals surface area (Å²) in [4.78, 5) is 23.8. The number of aliphatic hydroxyl groups is 2. The van der Waals surface area contributed by atoms with Crippen molar-refractivity contribution in [3.05, 3.63) is 107 Å². The van der Waals surface area contributed by atoms with Crippen molar-refractivity contribution in [2.75, 3.05) is 19.7 Å². The predicted molar refractivity (Wildman–Crippen MR) is 157 cm³/mol. The number of likely N-dealkylation sites (tertiary alicyclic amines) is 1. The van der Waals surface area contributed by atoms with E-state index in [2.05, 4.69) is 20.2 Å². The number of para-hydroxylation sites is 2. The summed E-state index contributed by atoms with van der Waals surface area (Å²) in [5, 5.41) is 22.2. The fraction of sp³-hybridized carbons (Fsp3) is 0.364. The van der Waals surface area contributed by atoms with Crippen LogP contribution in [0.5, 0.6) is 0 Å². The van der Waals surface area contributed by atoms with Gasteiger partial charge in [0.05, 0.1) is 42.7 Å². The van der Waals surface area contributed by atoms with Crippen LogP contribution in [0.4, 0.5) is 0 Å². The van der Waals surface area contributed by atoms with E-state index in [0.29, 0.717) is 18.5 Å². The van der Waals surface area contributed by atoms with Crippen LogP contribution in [0.2, 0.25) is 0 Å². The molecular formula is C33H36N4O5. The maximum absolute atomic E-state index is 12.7. The molecule has 2 fully saturated rings. The standard InChI is InChI=1S/C33H36N4O5/c38-20-23-9-11-24(12-10-23)31-16-27(19-37-15-3-4-26(37)21-39)41-33(42-31)25-13-7-22(8-14-25)17-35-32(40)30-18-34-28-5-1-2-6-29(28)36-30/h1-2,5-14,18,26-27,31,33,38-39H,3-4,15-17,19-21H2,(H,35,40). The van der Waals surface area contributed by atoms with Gasteiger partial charge in [-0.15, -0.1) is 0 Å². The van der Waals surface area contributed by atoms with E-state index in [1.165, 1.54) is 6.20 Å². The first kappa shape index (κ1) is 28.4. The summed E-state index contributed by atoms with van der Waals surface area (Å²) in [5.41, 5.74) is 5.44. The second kappa shape index (κ2) is 13.1. The molecule has 1 amide bonds. The molecule has 0 bridgehead atoms. The van der Waals surface area contributed by atoms with Crippen LogP contribution in [0.25, 0.3) is 11.0 Å². The molecule has 4 atom stereocenters. The normalized spacial score (nSPS) is 22.8. The van der Waals surface area contributed by atoms with E-state index in [0.717, 1.165) is 53.7 Å². The van der Waals surface area contributed by atoms with E-state index in [4.69, 9.17) is 9.47 Å². The molecule has 4 unspecified atom stereocenters. The average molecular weight is 569 g/mol. The van der Waals surface area contributed by atoms with E-state index in [1.54, 1.807) is 0 Å². The molecule has 0 saturated carbocycles. The Balaban J connectivity index is 1.13. The van der Waals surface area contributed by atoms with Crippen molar-refractivity contribution in [2.24, 2.45) is 0 Å². The largest absolute Gasteiger partial charge is 0.395 e. The lowest BCUT2D eigenvalue weighted by molar-refractivity contribution is -0.253. The second-order valence-electron chi connectivity index (χ2n) is 11.0. The molecule has 0 spiro atoms. The van der Waals surface area contributed by atoms with Gasteiger partial charge in [-0.3, -0.25) is 14.7 Å². The lowest BCUT2D eigenvalue weighted by Crippen LogP contribution is -2.42. The molecule has 9 nitrogen and oxygen atoms in total. The smallest absolute Gasteiger partial charge is 0.271 e. The van der Waals surface area contributed by atoms with Crippen molar-refractivity contribution in [2.45, 2.75) is 57.0 Å². The number of aromatic nitrogens is 2. The Labute approximate surface area is 245 Å². The van der Waals surface area contributed by atoms with E-state index in [1.807, 2.05) is 72.8 Å². The minimum Gasteiger partial charge on any atom is -0.395 e. The summed E-state index contributed by atoms with van der Waals surface area (Å²) in [5.74, 6) is -0.280. The van der Waals surface area contributed by atoms with E-state index < -0.39 is 6.29 Å². The molecule has 42 heavy (non-hydrogen) atoms. The lowest BCUT2D eigenvalue weighted by atomic mass is 9.99. The van der Waals surface area contributed by atoms with Gasteiger partial charge >= 0.3 is 0 Å². The zero-order valence-corrected chi connectivity index (χ0v) is 23.4. The van der Waals surface area contributed by atoms with Gasteiger partial charge < -0.3 is 25.0 Å². The molecule has 2 aliphatic rings. The van der Waals surface area contributed by atoms with Crippen LogP contribution < -0.4 is 5.32 Å². The van der Waals surface area contributed by atoms with Crippen LogP contribution in [0, 0.1) is 0 Å². The third kappa shape index (κ3) is 6.51. The minimum absolute atomic E-state index is 0.000133. The number of fused-ring (bicyclic) bond motifs is 1. The summed E-state index contributed by atoms with van der Waals surface area (Å²) in [6, 6.07) is 23.4. The predicted octanol–water partition coefficient (Wildman–Crippen LogP) is 4.05. The quantitative estimate of drug-likeness (QED) is 0.277. The maximum Gasteiger partial charge on any atom is 0.271 e. The summed E-state index contributed by atoms with van der Waals surface area (Å²) in [6.45, 7) is 2.19. The highest BCUT2D eigenvalue weighted by atomic mass is 16.7. The maximum atomic E-state index is 12.7. The minimum atomic E-state index is -0.557. The van der Waals surface area contributed by atoms with Gasteiger partial charge in [-0.2, -0.15) is 0 Å². The number of carbonyl (C=O) groups is 1. The van der Waals surface area contributed by atoms with Gasteiger partial charge in [0.1, 0.15) is 5.69 Å². The van der Waals surface area contributed by atoms with E-state index in [9.17, 15) is 15.0 Å². The van der Waals surface area contributed by atoms with E-state index >= 15 is 0 Å². The van der Waals surface area contributed by atoms with Crippen molar-refractivity contribution in [3.8, 4) is 0 Å². The third-order valence-electron chi connectivity index (χ3n) is 8.15. The monoisotopic (exact) mass is 568 g/mol.